The number of carbonyl (C=O) groups excluding carboxylic acids is 2. The Morgan fingerprint density at radius 3 is 2.60 bits per heavy atom. The lowest BCUT2D eigenvalue weighted by molar-refractivity contribution is -0.125. The van der Waals surface area contributed by atoms with Crippen LogP contribution in [0.15, 0.2) is 22.8 Å². The van der Waals surface area contributed by atoms with Crippen LogP contribution in [0.1, 0.15) is 24.6 Å². The molecular formula is C14H19N3O3. The molecule has 2 saturated heterocycles. The summed E-state index contributed by atoms with van der Waals surface area (Å²) in [5.74, 6) is 0.690. The highest BCUT2D eigenvalue weighted by Gasteiger charge is 2.37. The molecule has 0 aliphatic carbocycles. The second-order valence-corrected chi connectivity index (χ2v) is 5.42. The predicted octanol–water partition coefficient (Wildman–Crippen LogP) is 1.31. The Balaban J connectivity index is 1.80. The first kappa shape index (κ1) is 13.2. The van der Waals surface area contributed by atoms with Gasteiger partial charge in [0, 0.05) is 7.05 Å². The van der Waals surface area contributed by atoms with Crippen LogP contribution >= 0.6 is 0 Å². The van der Waals surface area contributed by atoms with Crippen molar-refractivity contribution < 1.29 is 14.0 Å². The van der Waals surface area contributed by atoms with E-state index in [0.29, 0.717) is 6.54 Å². The molecule has 0 radical (unpaired) electrons. The first-order valence-corrected chi connectivity index (χ1v) is 7.00. The van der Waals surface area contributed by atoms with Crippen LogP contribution in [0.25, 0.3) is 0 Å². The minimum absolute atomic E-state index is 0.0353. The molecule has 3 rings (SSSR count). The summed E-state index contributed by atoms with van der Waals surface area (Å²) in [6.07, 6.45) is 3.94. The molecule has 1 atom stereocenters. The van der Waals surface area contributed by atoms with Gasteiger partial charge in [-0.15, -0.1) is 0 Å². The zero-order valence-corrected chi connectivity index (χ0v) is 11.6. The highest BCUT2D eigenvalue weighted by Crippen LogP contribution is 2.27. The molecule has 0 aromatic carbocycles. The van der Waals surface area contributed by atoms with E-state index < -0.39 is 0 Å². The highest BCUT2D eigenvalue weighted by atomic mass is 16.3. The molecule has 3 amide bonds. The normalized spacial score (nSPS) is 22.1. The summed E-state index contributed by atoms with van der Waals surface area (Å²) >= 11 is 0. The molecule has 1 aromatic heterocycles. The fourth-order valence-corrected chi connectivity index (χ4v) is 2.94. The number of carbonyl (C=O) groups is 2. The zero-order chi connectivity index (χ0) is 14.1. The van der Waals surface area contributed by atoms with Crippen molar-refractivity contribution in [2.45, 2.75) is 18.9 Å². The largest absolute Gasteiger partial charge is 0.468 e. The van der Waals surface area contributed by atoms with Crippen molar-refractivity contribution in [1.82, 2.24) is 14.7 Å². The number of likely N-dealkylation sites (N-methyl/N-ethyl adjacent to an activating group) is 1. The lowest BCUT2D eigenvalue weighted by Gasteiger charge is -2.28. The van der Waals surface area contributed by atoms with E-state index in [2.05, 4.69) is 4.90 Å². The Labute approximate surface area is 117 Å². The predicted molar refractivity (Wildman–Crippen MR) is 72.0 cm³/mol. The maximum atomic E-state index is 12.0. The molecule has 3 heterocycles. The number of furan rings is 1. The van der Waals surface area contributed by atoms with Crippen molar-refractivity contribution in [3.63, 3.8) is 0 Å². The van der Waals surface area contributed by atoms with E-state index in [-0.39, 0.29) is 24.5 Å². The second-order valence-electron chi connectivity index (χ2n) is 5.42. The van der Waals surface area contributed by atoms with Gasteiger partial charge in [-0.05, 0) is 38.1 Å². The molecule has 6 heteroatoms. The molecule has 108 valence electrons. The highest BCUT2D eigenvalue weighted by molar-refractivity contribution is 6.01. The van der Waals surface area contributed by atoms with Crippen LogP contribution in [-0.4, -0.2) is 59.9 Å². The molecule has 0 spiro atoms. The number of amides is 3. The first-order chi connectivity index (χ1) is 9.66. The minimum Gasteiger partial charge on any atom is -0.468 e. The van der Waals surface area contributed by atoms with Crippen LogP contribution in [0.2, 0.25) is 0 Å². The fourth-order valence-electron chi connectivity index (χ4n) is 2.94. The standard InChI is InChI=1S/C14H19N3O3/c1-15-10-13(18)17(14(15)19)9-11(12-5-4-8-20-12)16-6-2-3-7-16/h4-5,8,11H,2-3,6-7,9-10H2,1H3. The van der Waals surface area contributed by atoms with Gasteiger partial charge in [0.25, 0.3) is 0 Å². The van der Waals surface area contributed by atoms with Crippen molar-refractivity contribution in [3.8, 4) is 0 Å². The van der Waals surface area contributed by atoms with Crippen LogP contribution in [0.3, 0.4) is 0 Å². The Morgan fingerprint density at radius 2 is 2.05 bits per heavy atom. The number of imide groups is 1. The summed E-state index contributed by atoms with van der Waals surface area (Å²) in [7, 11) is 1.65. The molecule has 1 unspecified atom stereocenters. The van der Waals surface area contributed by atoms with Crippen molar-refractivity contribution in [3.05, 3.63) is 24.2 Å². The summed E-state index contributed by atoms with van der Waals surface area (Å²) in [5, 5.41) is 0. The Kier molecular flexibility index (Phi) is 3.48. The lowest BCUT2D eigenvalue weighted by atomic mass is 10.2. The van der Waals surface area contributed by atoms with E-state index in [1.165, 1.54) is 9.80 Å². The van der Waals surface area contributed by atoms with Gasteiger partial charge in [-0.2, -0.15) is 0 Å². The molecule has 0 bridgehead atoms. The third-order valence-electron chi connectivity index (χ3n) is 4.04. The lowest BCUT2D eigenvalue weighted by Crippen LogP contribution is -2.40. The third kappa shape index (κ3) is 2.31. The van der Waals surface area contributed by atoms with Crippen molar-refractivity contribution in [2.24, 2.45) is 0 Å². The molecule has 20 heavy (non-hydrogen) atoms. The minimum atomic E-state index is -0.217. The summed E-state index contributed by atoms with van der Waals surface area (Å²) in [4.78, 5) is 29.0. The van der Waals surface area contributed by atoms with E-state index in [0.717, 1.165) is 31.7 Å². The molecule has 0 saturated carbocycles. The average molecular weight is 277 g/mol. The Bertz CT molecular complexity index is 494. The van der Waals surface area contributed by atoms with Crippen molar-refractivity contribution >= 4 is 11.9 Å². The summed E-state index contributed by atoms with van der Waals surface area (Å²) in [6, 6.07) is 3.51. The quantitative estimate of drug-likeness (QED) is 0.779. The molecule has 0 N–H and O–H groups in total. The van der Waals surface area contributed by atoms with Crippen LogP contribution < -0.4 is 0 Å². The van der Waals surface area contributed by atoms with Gasteiger partial charge in [0.15, 0.2) is 0 Å². The van der Waals surface area contributed by atoms with Gasteiger partial charge in [-0.1, -0.05) is 0 Å². The maximum absolute atomic E-state index is 12.0. The van der Waals surface area contributed by atoms with E-state index in [1.54, 1.807) is 13.3 Å². The van der Waals surface area contributed by atoms with Gasteiger partial charge in [0.1, 0.15) is 12.3 Å². The summed E-state index contributed by atoms with van der Waals surface area (Å²) in [6.45, 7) is 2.51. The smallest absolute Gasteiger partial charge is 0.327 e. The number of hydrogen-bond donors (Lipinski definition) is 0. The van der Waals surface area contributed by atoms with E-state index >= 15 is 0 Å². The van der Waals surface area contributed by atoms with E-state index in [9.17, 15) is 9.59 Å². The average Bonchev–Trinajstić information content (AvgIpc) is 3.14. The third-order valence-corrected chi connectivity index (χ3v) is 4.04. The fraction of sp³-hybridized carbons (Fsp3) is 0.571. The zero-order valence-electron chi connectivity index (χ0n) is 11.6. The molecular weight excluding hydrogens is 258 g/mol. The van der Waals surface area contributed by atoms with E-state index in [1.807, 2.05) is 12.1 Å². The molecule has 1 aromatic rings. The number of hydrogen-bond acceptors (Lipinski definition) is 4. The van der Waals surface area contributed by atoms with Crippen LogP contribution in [0.5, 0.6) is 0 Å². The van der Waals surface area contributed by atoms with Crippen LogP contribution in [-0.2, 0) is 4.79 Å². The van der Waals surface area contributed by atoms with Gasteiger partial charge in [0.05, 0.1) is 18.8 Å². The Morgan fingerprint density at radius 1 is 1.30 bits per heavy atom. The van der Waals surface area contributed by atoms with Gasteiger partial charge >= 0.3 is 6.03 Å². The van der Waals surface area contributed by atoms with Gasteiger partial charge in [0.2, 0.25) is 5.91 Å². The number of likely N-dealkylation sites (tertiary alicyclic amines) is 1. The number of urea groups is 1. The molecule has 2 aliphatic heterocycles. The van der Waals surface area contributed by atoms with Crippen molar-refractivity contribution in [1.29, 1.82) is 0 Å². The van der Waals surface area contributed by atoms with E-state index in [4.69, 9.17) is 4.42 Å². The monoisotopic (exact) mass is 277 g/mol. The molecule has 2 aliphatic rings. The van der Waals surface area contributed by atoms with Gasteiger partial charge in [-0.25, -0.2) is 4.79 Å². The molecule has 6 nitrogen and oxygen atoms in total. The number of rotatable bonds is 4. The SMILES string of the molecule is CN1CC(=O)N(CC(c2ccco2)N2CCCC2)C1=O. The second kappa shape index (κ2) is 5.28. The first-order valence-electron chi connectivity index (χ1n) is 7.00. The van der Waals surface area contributed by atoms with Crippen LogP contribution in [0.4, 0.5) is 4.79 Å². The summed E-state index contributed by atoms with van der Waals surface area (Å²) in [5.41, 5.74) is 0. The van der Waals surface area contributed by atoms with Gasteiger partial charge in [-0.3, -0.25) is 14.6 Å². The van der Waals surface area contributed by atoms with Crippen molar-refractivity contribution in [2.75, 3.05) is 33.2 Å². The number of nitrogens with zero attached hydrogens (tertiary/aromatic N) is 3. The summed E-state index contributed by atoms with van der Waals surface area (Å²) < 4.78 is 5.51. The van der Waals surface area contributed by atoms with Gasteiger partial charge < -0.3 is 9.32 Å². The molecule has 2 fully saturated rings. The maximum Gasteiger partial charge on any atom is 0.327 e. The van der Waals surface area contributed by atoms with Crippen LogP contribution in [0, 0.1) is 0 Å². The Hall–Kier alpha value is -1.82. The topological polar surface area (TPSA) is 57.0 Å².